The number of aromatic carboxylic acids is 1. The van der Waals surface area contributed by atoms with E-state index >= 15 is 0 Å². The fourth-order valence-electron chi connectivity index (χ4n) is 1.28. The summed E-state index contributed by atoms with van der Waals surface area (Å²) in [6.45, 7) is 4.29. The first-order valence-corrected chi connectivity index (χ1v) is 6.48. The van der Waals surface area contributed by atoms with Crippen molar-refractivity contribution >= 4 is 22.4 Å². The van der Waals surface area contributed by atoms with E-state index < -0.39 is 5.97 Å². The molecular weight excluding hydrogens is 256 g/mol. The molecule has 1 aromatic rings. The molecule has 0 spiro atoms. The molecule has 18 heavy (non-hydrogen) atoms. The van der Waals surface area contributed by atoms with Gasteiger partial charge >= 0.3 is 5.97 Å². The quantitative estimate of drug-likeness (QED) is 0.666. The van der Waals surface area contributed by atoms with Crippen molar-refractivity contribution in [2.75, 3.05) is 38.8 Å². The number of carboxylic acid groups (broad SMARTS) is 1. The zero-order chi connectivity index (χ0) is 13.4. The number of nitrogens with one attached hydrogen (secondary N) is 1. The first-order valence-electron chi connectivity index (χ1n) is 5.66. The van der Waals surface area contributed by atoms with E-state index in [2.05, 4.69) is 10.3 Å². The third kappa shape index (κ3) is 4.99. The van der Waals surface area contributed by atoms with Gasteiger partial charge in [-0.2, -0.15) is 0 Å². The molecule has 0 aromatic carbocycles. The Morgan fingerprint density at radius 2 is 2.22 bits per heavy atom. The van der Waals surface area contributed by atoms with E-state index in [-0.39, 0.29) is 5.69 Å². The number of carboxylic acids is 1. The normalized spacial score (nSPS) is 10.6. The van der Waals surface area contributed by atoms with Gasteiger partial charge in [-0.1, -0.05) is 0 Å². The molecule has 0 saturated carbocycles. The molecule has 6 nitrogen and oxygen atoms in total. The molecule has 0 amide bonds. The van der Waals surface area contributed by atoms with Crippen LogP contribution in [-0.4, -0.2) is 49.5 Å². The molecule has 1 rings (SSSR count). The van der Waals surface area contributed by atoms with Crippen LogP contribution in [0.1, 0.15) is 21.8 Å². The van der Waals surface area contributed by atoms with Gasteiger partial charge in [-0.15, -0.1) is 11.3 Å². The van der Waals surface area contributed by atoms with Gasteiger partial charge in [-0.05, 0) is 13.3 Å². The first-order chi connectivity index (χ1) is 8.65. The molecule has 0 aliphatic carbocycles. The molecule has 102 valence electrons. The minimum Gasteiger partial charge on any atom is -0.476 e. The molecule has 0 fully saturated rings. The monoisotopic (exact) mass is 274 g/mol. The number of rotatable bonds is 9. The van der Waals surface area contributed by atoms with Crippen molar-refractivity contribution in [2.24, 2.45) is 0 Å². The van der Waals surface area contributed by atoms with E-state index in [1.54, 1.807) is 14.0 Å². The number of ether oxygens (including phenoxy) is 2. The third-order valence-corrected chi connectivity index (χ3v) is 3.10. The predicted octanol–water partition coefficient (Wildman–Crippen LogP) is 1.61. The SMILES string of the molecule is COCCOCCCNc1nc(C(=O)O)c(C)s1. The second-order valence-electron chi connectivity index (χ2n) is 3.61. The molecule has 0 atom stereocenters. The first kappa shape index (κ1) is 14.9. The molecule has 0 saturated heterocycles. The minimum absolute atomic E-state index is 0.124. The van der Waals surface area contributed by atoms with E-state index in [0.717, 1.165) is 6.42 Å². The lowest BCUT2D eigenvalue weighted by molar-refractivity contribution is 0.0690. The Morgan fingerprint density at radius 3 is 2.83 bits per heavy atom. The van der Waals surface area contributed by atoms with E-state index in [4.69, 9.17) is 14.6 Å². The van der Waals surface area contributed by atoms with Crippen molar-refractivity contribution in [3.05, 3.63) is 10.6 Å². The second kappa shape index (κ2) is 8.02. The maximum Gasteiger partial charge on any atom is 0.355 e. The molecule has 0 unspecified atom stereocenters. The van der Waals surface area contributed by atoms with Gasteiger partial charge in [-0.3, -0.25) is 0 Å². The summed E-state index contributed by atoms with van der Waals surface area (Å²) >= 11 is 1.35. The van der Waals surface area contributed by atoms with E-state index in [1.165, 1.54) is 11.3 Å². The Bertz CT molecular complexity index is 381. The number of hydrogen-bond donors (Lipinski definition) is 2. The van der Waals surface area contributed by atoms with Crippen LogP contribution >= 0.6 is 11.3 Å². The van der Waals surface area contributed by atoms with Crippen LogP contribution < -0.4 is 5.32 Å². The zero-order valence-electron chi connectivity index (χ0n) is 10.6. The van der Waals surface area contributed by atoms with Crippen LogP contribution in [-0.2, 0) is 9.47 Å². The lowest BCUT2D eigenvalue weighted by Crippen LogP contribution is -2.08. The van der Waals surface area contributed by atoms with E-state index in [9.17, 15) is 4.79 Å². The standard InChI is InChI=1S/C11H18N2O4S/c1-8-9(10(14)15)13-11(18-8)12-4-3-5-17-7-6-16-2/h3-7H2,1-2H3,(H,12,13)(H,14,15). The number of aromatic nitrogens is 1. The molecule has 7 heteroatoms. The van der Waals surface area contributed by atoms with Gasteiger partial charge in [0.05, 0.1) is 13.2 Å². The van der Waals surface area contributed by atoms with Gasteiger partial charge in [0.2, 0.25) is 0 Å². The molecule has 2 N–H and O–H groups in total. The minimum atomic E-state index is -0.986. The van der Waals surface area contributed by atoms with E-state index in [1.807, 2.05) is 0 Å². The van der Waals surface area contributed by atoms with Gasteiger partial charge in [0.25, 0.3) is 0 Å². The highest BCUT2D eigenvalue weighted by Crippen LogP contribution is 2.21. The topological polar surface area (TPSA) is 80.7 Å². The zero-order valence-corrected chi connectivity index (χ0v) is 11.4. The van der Waals surface area contributed by atoms with E-state index in [0.29, 0.717) is 36.4 Å². The largest absolute Gasteiger partial charge is 0.476 e. The Kier molecular flexibility index (Phi) is 6.63. The average Bonchev–Trinajstić information content (AvgIpc) is 2.69. The van der Waals surface area contributed by atoms with Crippen molar-refractivity contribution in [1.82, 2.24) is 4.98 Å². The Balaban J connectivity index is 2.19. The van der Waals surface area contributed by atoms with Crippen LogP contribution in [0.4, 0.5) is 5.13 Å². The third-order valence-electron chi connectivity index (χ3n) is 2.17. The van der Waals surface area contributed by atoms with Crippen molar-refractivity contribution in [3.63, 3.8) is 0 Å². The second-order valence-corrected chi connectivity index (χ2v) is 4.82. The molecular formula is C11H18N2O4S. The van der Waals surface area contributed by atoms with Crippen LogP contribution in [0, 0.1) is 6.92 Å². The average molecular weight is 274 g/mol. The lowest BCUT2D eigenvalue weighted by atomic mass is 10.4. The predicted molar refractivity (Wildman–Crippen MR) is 69.6 cm³/mol. The van der Waals surface area contributed by atoms with Crippen LogP contribution in [0.15, 0.2) is 0 Å². The summed E-state index contributed by atoms with van der Waals surface area (Å²) in [6, 6.07) is 0. The van der Waals surface area contributed by atoms with Gasteiger partial charge in [0.15, 0.2) is 10.8 Å². The molecule has 1 heterocycles. The van der Waals surface area contributed by atoms with Gasteiger partial charge < -0.3 is 19.9 Å². The smallest absolute Gasteiger partial charge is 0.355 e. The number of aryl methyl sites for hydroxylation is 1. The summed E-state index contributed by atoms with van der Waals surface area (Å²) in [6.07, 6.45) is 0.838. The summed E-state index contributed by atoms with van der Waals surface area (Å²) < 4.78 is 10.2. The number of anilines is 1. The highest BCUT2D eigenvalue weighted by Gasteiger charge is 2.13. The maximum atomic E-state index is 10.8. The Morgan fingerprint density at radius 1 is 1.44 bits per heavy atom. The fraction of sp³-hybridized carbons (Fsp3) is 0.636. The number of carbonyl (C=O) groups is 1. The fourth-order valence-corrected chi connectivity index (χ4v) is 2.12. The summed E-state index contributed by atoms with van der Waals surface area (Å²) in [4.78, 5) is 15.5. The highest BCUT2D eigenvalue weighted by molar-refractivity contribution is 7.15. The van der Waals surface area contributed by atoms with Crippen LogP contribution in [0.5, 0.6) is 0 Å². The van der Waals surface area contributed by atoms with Crippen LogP contribution in [0.25, 0.3) is 0 Å². The maximum absolute atomic E-state index is 10.8. The van der Waals surface area contributed by atoms with Gasteiger partial charge in [0.1, 0.15) is 0 Å². The number of methoxy groups -OCH3 is 1. The molecule has 1 aromatic heterocycles. The molecule has 0 aliphatic rings. The number of nitrogens with zero attached hydrogens (tertiary/aromatic N) is 1. The summed E-state index contributed by atoms with van der Waals surface area (Å²) in [5, 5.41) is 12.6. The van der Waals surface area contributed by atoms with Gasteiger partial charge in [-0.25, -0.2) is 9.78 Å². The van der Waals surface area contributed by atoms with Crippen LogP contribution in [0.3, 0.4) is 0 Å². The number of hydrogen-bond acceptors (Lipinski definition) is 6. The molecule has 0 bridgehead atoms. The van der Waals surface area contributed by atoms with Gasteiger partial charge in [0, 0.05) is 25.1 Å². The molecule has 0 radical (unpaired) electrons. The summed E-state index contributed by atoms with van der Waals surface area (Å²) in [5.74, 6) is -0.986. The van der Waals surface area contributed by atoms with Crippen molar-refractivity contribution in [2.45, 2.75) is 13.3 Å². The highest BCUT2D eigenvalue weighted by atomic mass is 32.1. The Labute approximate surface area is 110 Å². The number of thiazole rings is 1. The van der Waals surface area contributed by atoms with Crippen molar-refractivity contribution in [1.29, 1.82) is 0 Å². The van der Waals surface area contributed by atoms with Crippen molar-refractivity contribution in [3.8, 4) is 0 Å². The lowest BCUT2D eigenvalue weighted by Gasteiger charge is -2.04. The Hall–Kier alpha value is -1.18. The van der Waals surface area contributed by atoms with Crippen LogP contribution in [0.2, 0.25) is 0 Å². The summed E-state index contributed by atoms with van der Waals surface area (Å²) in [7, 11) is 1.63. The summed E-state index contributed by atoms with van der Waals surface area (Å²) in [5.41, 5.74) is 0.124. The van der Waals surface area contributed by atoms with Crippen molar-refractivity contribution < 1.29 is 19.4 Å². The molecule has 0 aliphatic heterocycles.